The van der Waals surface area contributed by atoms with Crippen molar-refractivity contribution in [2.45, 2.75) is 26.9 Å². The smallest absolute Gasteiger partial charge is 0.378 e. The largest absolute Gasteiger partial charge is 0.416 e. The van der Waals surface area contributed by atoms with Crippen LogP contribution in [0.1, 0.15) is 35.3 Å². The maximum atomic E-state index is 12.7. The van der Waals surface area contributed by atoms with Crippen LogP contribution in [0.15, 0.2) is 18.2 Å². The predicted octanol–water partition coefficient (Wildman–Crippen LogP) is 3.51. The molecule has 21 heavy (non-hydrogen) atoms. The van der Waals surface area contributed by atoms with Crippen molar-refractivity contribution < 1.29 is 22.7 Å². The van der Waals surface area contributed by atoms with Gasteiger partial charge in [0.15, 0.2) is 0 Å². The molecule has 3 nitrogen and oxygen atoms in total. The summed E-state index contributed by atoms with van der Waals surface area (Å²) in [5.41, 5.74) is -0.287. The van der Waals surface area contributed by atoms with E-state index in [0.29, 0.717) is 31.9 Å². The Labute approximate surface area is 122 Å². The van der Waals surface area contributed by atoms with Gasteiger partial charge in [0, 0.05) is 18.7 Å². The highest BCUT2D eigenvalue weighted by molar-refractivity contribution is 5.94. The fourth-order valence-corrected chi connectivity index (χ4v) is 2.02. The summed E-state index contributed by atoms with van der Waals surface area (Å²) in [7, 11) is 0. The number of ether oxygens (including phenoxy) is 1. The van der Waals surface area contributed by atoms with E-state index in [2.05, 4.69) is 0 Å². The molecule has 1 heterocycles. The van der Waals surface area contributed by atoms with E-state index in [4.69, 9.17) is 4.74 Å². The van der Waals surface area contributed by atoms with Gasteiger partial charge in [0.25, 0.3) is 5.91 Å². The zero-order valence-electron chi connectivity index (χ0n) is 12.5. The van der Waals surface area contributed by atoms with Crippen molar-refractivity contribution >= 4 is 5.91 Å². The van der Waals surface area contributed by atoms with E-state index in [9.17, 15) is 18.0 Å². The molecule has 1 aromatic rings. The van der Waals surface area contributed by atoms with Gasteiger partial charge in [0.1, 0.15) is 0 Å². The highest BCUT2D eigenvalue weighted by atomic mass is 19.4. The zero-order chi connectivity index (χ0) is 16.0. The number of hydrogen-bond acceptors (Lipinski definition) is 2. The minimum absolute atomic E-state index is 0.0780. The quantitative estimate of drug-likeness (QED) is 0.794. The number of benzene rings is 1. The lowest BCUT2D eigenvalue weighted by atomic mass is 10.0. The highest BCUT2D eigenvalue weighted by Crippen LogP contribution is 2.30. The van der Waals surface area contributed by atoms with E-state index >= 15 is 0 Å². The van der Waals surface area contributed by atoms with Crippen LogP contribution in [0.4, 0.5) is 13.2 Å². The van der Waals surface area contributed by atoms with Gasteiger partial charge in [-0.15, -0.1) is 0 Å². The van der Waals surface area contributed by atoms with Crippen molar-refractivity contribution in [2.75, 3.05) is 26.3 Å². The third-order valence-corrected chi connectivity index (χ3v) is 2.95. The maximum Gasteiger partial charge on any atom is 0.416 e. The van der Waals surface area contributed by atoms with Crippen LogP contribution in [0.5, 0.6) is 0 Å². The van der Waals surface area contributed by atoms with Gasteiger partial charge in [-0.1, -0.05) is 13.8 Å². The summed E-state index contributed by atoms with van der Waals surface area (Å²) in [6, 6.07) is 3.42. The molecule has 1 aliphatic heterocycles. The Morgan fingerprint density at radius 1 is 1.14 bits per heavy atom. The second kappa shape index (κ2) is 7.45. The Kier molecular flexibility index (Phi) is 6.20. The van der Waals surface area contributed by atoms with Crippen LogP contribution in [0.2, 0.25) is 0 Å². The molecule has 0 atom stereocenters. The number of morpholine rings is 1. The van der Waals surface area contributed by atoms with E-state index in [1.165, 1.54) is 11.0 Å². The Balaban J connectivity index is 0.00000106. The molecular weight excluding hydrogens is 283 g/mol. The highest BCUT2D eigenvalue weighted by Gasteiger charge is 2.32. The fraction of sp³-hybridized carbons (Fsp3) is 0.533. The lowest BCUT2D eigenvalue weighted by molar-refractivity contribution is -0.137. The summed E-state index contributed by atoms with van der Waals surface area (Å²) in [6.07, 6.45) is -4.44. The van der Waals surface area contributed by atoms with Gasteiger partial charge in [-0.05, 0) is 30.7 Å². The molecule has 6 heteroatoms. The molecule has 0 N–H and O–H groups in total. The number of halogens is 3. The number of carbonyl (C=O) groups excluding carboxylic acids is 1. The molecule has 1 fully saturated rings. The lowest BCUT2D eigenvalue weighted by Gasteiger charge is -2.27. The first-order chi connectivity index (χ1) is 9.88. The standard InChI is InChI=1S/C13H14F3NO2.C2H6/c1-9-6-10(8-11(7-9)13(14,15)16)12(18)17-2-4-19-5-3-17;1-2/h6-8H,2-5H2,1H3;1-2H3. The van der Waals surface area contributed by atoms with Crippen LogP contribution in [-0.2, 0) is 10.9 Å². The molecule has 0 aliphatic carbocycles. The van der Waals surface area contributed by atoms with Crippen molar-refractivity contribution in [3.05, 3.63) is 34.9 Å². The average molecular weight is 303 g/mol. The summed E-state index contributed by atoms with van der Waals surface area (Å²) < 4.78 is 43.2. The average Bonchev–Trinajstić information content (AvgIpc) is 2.48. The molecule has 118 valence electrons. The SMILES string of the molecule is CC.Cc1cc(C(=O)N2CCOCC2)cc(C(F)(F)F)c1. The molecule has 1 saturated heterocycles. The van der Waals surface area contributed by atoms with Gasteiger partial charge in [-0.3, -0.25) is 4.79 Å². The summed E-state index contributed by atoms with van der Waals surface area (Å²) in [5, 5.41) is 0. The zero-order valence-corrected chi connectivity index (χ0v) is 12.5. The molecule has 0 saturated carbocycles. The summed E-state index contributed by atoms with van der Waals surface area (Å²) in [5.74, 6) is -0.377. The molecule has 1 aliphatic rings. The number of rotatable bonds is 1. The van der Waals surface area contributed by atoms with Crippen LogP contribution >= 0.6 is 0 Å². The maximum absolute atomic E-state index is 12.7. The van der Waals surface area contributed by atoms with Crippen LogP contribution in [0, 0.1) is 6.92 Å². The van der Waals surface area contributed by atoms with Gasteiger partial charge in [0.2, 0.25) is 0 Å². The monoisotopic (exact) mass is 303 g/mol. The third-order valence-electron chi connectivity index (χ3n) is 2.95. The van der Waals surface area contributed by atoms with Crippen molar-refractivity contribution in [3.63, 3.8) is 0 Å². The van der Waals surface area contributed by atoms with Crippen molar-refractivity contribution in [3.8, 4) is 0 Å². The van der Waals surface area contributed by atoms with Crippen LogP contribution < -0.4 is 0 Å². The molecule has 0 unspecified atom stereocenters. The number of carbonyl (C=O) groups is 1. The first-order valence-corrected chi connectivity index (χ1v) is 6.94. The van der Waals surface area contributed by atoms with E-state index < -0.39 is 11.7 Å². The number of aryl methyl sites for hydroxylation is 1. The van der Waals surface area contributed by atoms with Crippen LogP contribution in [0.25, 0.3) is 0 Å². The lowest BCUT2D eigenvalue weighted by Crippen LogP contribution is -2.40. The minimum atomic E-state index is -4.44. The molecule has 0 radical (unpaired) electrons. The Morgan fingerprint density at radius 2 is 1.71 bits per heavy atom. The van der Waals surface area contributed by atoms with Crippen molar-refractivity contribution in [1.82, 2.24) is 4.90 Å². The number of amides is 1. The molecule has 0 spiro atoms. The van der Waals surface area contributed by atoms with E-state index in [1.54, 1.807) is 6.92 Å². The first kappa shape index (κ1) is 17.5. The number of hydrogen-bond donors (Lipinski definition) is 0. The Bertz CT molecular complexity index is 480. The predicted molar refractivity (Wildman–Crippen MR) is 74.3 cm³/mol. The topological polar surface area (TPSA) is 29.5 Å². The minimum Gasteiger partial charge on any atom is -0.378 e. The second-order valence-corrected chi connectivity index (χ2v) is 4.49. The van der Waals surface area contributed by atoms with Gasteiger partial charge in [-0.25, -0.2) is 0 Å². The van der Waals surface area contributed by atoms with Crippen molar-refractivity contribution in [2.24, 2.45) is 0 Å². The van der Waals surface area contributed by atoms with Gasteiger partial charge >= 0.3 is 6.18 Å². The van der Waals surface area contributed by atoms with E-state index in [0.717, 1.165) is 12.1 Å². The van der Waals surface area contributed by atoms with Crippen LogP contribution in [0.3, 0.4) is 0 Å². The molecule has 1 amide bonds. The molecule has 0 bridgehead atoms. The van der Waals surface area contributed by atoms with Gasteiger partial charge in [-0.2, -0.15) is 13.2 Å². The van der Waals surface area contributed by atoms with Crippen LogP contribution in [-0.4, -0.2) is 37.1 Å². The number of alkyl halides is 3. The molecular formula is C15H20F3NO2. The fourth-order valence-electron chi connectivity index (χ4n) is 2.02. The molecule has 2 rings (SSSR count). The molecule has 1 aromatic carbocycles. The second-order valence-electron chi connectivity index (χ2n) is 4.49. The third kappa shape index (κ3) is 4.74. The van der Waals surface area contributed by atoms with E-state index in [-0.39, 0.29) is 11.5 Å². The number of nitrogens with zero attached hydrogens (tertiary/aromatic N) is 1. The first-order valence-electron chi connectivity index (χ1n) is 6.94. The Morgan fingerprint density at radius 3 is 2.24 bits per heavy atom. The Hall–Kier alpha value is -1.56. The summed E-state index contributed by atoms with van der Waals surface area (Å²) >= 11 is 0. The van der Waals surface area contributed by atoms with Crippen molar-refractivity contribution in [1.29, 1.82) is 0 Å². The summed E-state index contributed by atoms with van der Waals surface area (Å²) in [4.78, 5) is 13.6. The normalized spacial score (nSPS) is 15.2. The van der Waals surface area contributed by atoms with Gasteiger partial charge in [0.05, 0.1) is 18.8 Å². The molecule has 0 aromatic heterocycles. The van der Waals surface area contributed by atoms with Gasteiger partial charge < -0.3 is 9.64 Å². The summed E-state index contributed by atoms with van der Waals surface area (Å²) in [6.45, 7) is 7.21. The van der Waals surface area contributed by atoms with E-state index in [1.807, 2.05) is 13.8 Å².